The highest BCUT2D eigenvalue weighted by Crippen LogP contribution is 2.52. The first kappa shape index (κ1) is 20.5. The van der Waals surface area contributed by atoms with Gasteiger partial charge in [0, 0.05) is 44.4 Å². The van der Waals surface area contributed by atoms with Crippen LogP contribution in [0.4, 0.5) is 0 Å². The summed E-state index contributed by atoms with van der Waals surface area (Å²) in [5.41, 5.74) is 2.87. The van der Waals surface area contributed by atoms with E-state index in [2.05, 4.69) is 9.71 Å². The zero-order chi connectivity index (χ0) is 19.7. The molecule has 8 nitrogen and oxygen atoms in total. The number of hydrogen-bond donors (Lipinski definition) is 2. The van der Waals surface area contributed by atoms with Gasteiger partial charge in [-0.2, -0.15) is 0 Å². The number of nitrogens with zero attached hydrogens (tertiary/aromatic N) is 1. The van der Waals surface area contributed by atoms with Crippen molar-refractivity contribution in [1.82, 2.24) is 14.4 Å². The maximum Gasteiger partial charge on any atom is 0.407 e. The summed E-state index contributed by atoms with van der Waals surface area (Å²) in [5.74, 6) is 0.291. The second-order valence-corrected chi connectivity index (χ2v) is 10.8. The lowest BCUT2D eigenvalue weighted by Crippen LogP contribution is -2.31. The molecule has 1 aliphatic heterocycles. The average Bonchev–Trinajstić information content (AvgIpc) is 3.10. The molecule has 0 aliphatic carbocycles. The molecule has 2 aromatic rings. The number of nitrogens with one attached hydrogen (secondary N) is 2. The molecular formula is C17H26N3O5PS. The summed E-state index contributed by atoms with van der Waals surface area (Å²) >= 11 is 0. The SMILES string of the molecule is CNS(=O)(=O)Cc1ccc2c(C3CCN(P(=O)(OC)OC)CC3)c[nH]c2c1. The Morgan fingerprint density at radius 3 is 2.52 bits per heavy atom. The Morgan fingerprint density at radius 2 is 1.93 bits per heavy atom. The van der Waals surface area contributed by atoms with Crippen LogP contribution >= 0.6 is 7.75 Å². The largest absolute Gasteiger partial charge is 0.407 e. The van der Waals surface area contributed by atoms with E-state index in [1.165, 1.54) is 26.8 Å². The van der Waals surface area contributed by atoms with Gasteiger partial charge < -0.3 is 4.98 Å². The molecule has 0 saturated carbocycles. The summed E-state index contributed by atoms with van der Waals surface area (Å²) in [6.07, 6.45) is 3.69. The number of hydrogen-bond acceptors (Lipinski definition) is 5. The summed E-state index contributed by atoms with van der Waals surface area (Å²) in [6.45, 7) is 1.27. The van der Waals surface area contributed by atoms with E-state index in [-0.39, 0.29) is 5.75 Å². The zero-order valence-corrected chi connectivity index (χ0v) is 17.5. The van der Waals surface area contributed by atoms with E-state index < -0.39 is 17.8 Å². The second kappa shape index (κ2) is 8.03. The van der Waals surface area contributed by atoms with Crippen LogP contribution in [0.15, 0.2) is 24.4 Å². The summed E-state index contributed by atoms with van der Waals surface area (Å²) in [4.78, 5) is 3.26. The van der Waals surface area contributed by atoms with Crippen LogP contribution < -0.4 is 4.72 Å². The van der Waals surface area contributed by atoms with Crippen LogP contribution in [0.25, 0.3) is 10.9 Å². The van der Waals surface area contributed by atoms with Crippen molar-refractivity contribution < 1.29 is 22.0 Å². The summed E-state index contributed by atoms with van der Waals surface area (Å²) in [5, 5.41) is 1.10. The highest BCUT2D eigenvalue weighted by atomic mass is 32.2. The van der Waals surface area contributed by atoms with Crippen LogP contribution in [0, 0.1) is 0 Å². The molecule has 1 fully saturated rings. The number of aromatic nitrogens is 1. The number of aromatic amines is 1. The Balaban J connectivity index is 1.76. The minimum atomic E-state index is -3.30. The van der Waals surface area contributed by atoms with E-state index >= 15 is 0 Å². The van der Waals surface area contributed by atoms with Gasteiger partial charge in [-0.25, -0.2) is 22.4 Å². The molecule has 10 heteroatoms. The number of rotatable bonds is 7. The van der Waals surface area contributed by atoms with E-state index in [4.69, 9.17) is 9.05 Å². The Hall–Kier alpha value is -1.22. The van der Waals surface area contributed by atoms with Gasteiger partial charge in [-0.1, -0.05) is 12.1 Å². The van der Waals surface area contributed by atoms with Crippen molar-refractivity contribution in [2.45, 2.75) is 24.5 Å². The molecule has 3 rings (SSSR count). The molecular weight excluding hydrogens is 389 g/mol. The third-order valence-electron chi connectivity index (χ3n) is 5.16. The molecule has 0 amide bonds. The fraction of sp³-hybridized carbons (Fsp3) is 0.529. The maximum absolute atomic E-state index is 12.5. The number of fused-ring (bicyclic) bond motifs is 1. The lowest BCUT2D eigenvalue weighted by atomic mass is 9.90. The average molecular weight is 415 g/mol. The van der Waals surface area contributed by atoms with Crippen LogP contribution in [0.2, 0.25) is 0 Å². The summed E-state index contributed by atoms with van der Waals surface area (Å²) < 4.78 is 50.3. The van der Waals surface area contributed by atoms with Crippen molar-refractivity contribution in [3.8, 4) is 0 Å². The molecule has 1 aromatic heterocycles. The normalized spacial score (nSPS) is 17.6. The van der Waals surface area contributed by atoms with Gasteiger partial charge in [0.25, 0.3) is 0 Å². The van der Waals surface area contributed by atoms with Gasteiger partial charge in [0.2, 0.25) is 10.0 Å². The van der Waals surface area contributed by atoms with E-state index in [9.17, 15) is 13.0 Å². The van der Waals surface area contributed by atoms with E-state index in [0.29, 0.717) is 19.0 Å². The molecule has 1 aromatic carbocycles. The maximum atomic E-state index is 12.5. The first-order chi connectivity index (χ1) is 12.8. The van der Waals surface area contributed by atoms with Crippen LogP contribution in [0.1, 0.15) is 29.9 Å². The quantitative estimate of drug-likeness (QED) is 0.675. The van der Waals surface area contributed by atoms with Crippen molar-refractivity contribution >= 4 is 28.7 Å². The highest BCUT2D eigenvalue weighted by molar-refractivity contribution is 7.88. The fourth-order valence-corrected chi connectivity index (χ4v) is 5.74. The first-order valence-electron chi connectivity index (χ1n) is 8.80. The topological polar surface area (TPSA) is 101 Å². The molecule has 1 aliphatic rings. The van der Waals surface area contributed by atoms with Crippen molar-refractivity contribution in [3.63, 3.8) is 0 Å². The van der Waals surface area contributed by atoms with Gasteiger partial charge in [-0.3, -0.25) is 9.05 Å². The van der Waals surface area contributed by atoms with E-state index in [0.717, 1.165) is 29.3 Å². The van der Waals surface area contributed by atoms with Crippen molar-refractivity contribution in [1.29, 1.82) is 0 Å². The van der Waals surface area contributed by atoms with E-state index in [1.54, 1.807) is 4.67 Å². The highest BCUT2D eigenvalue weighted by Gasteiger charge is 2.35. The van der Waals surface area contributed by atoms with Gasteiger partial charge in [-0.05, 0) is 43.0 Å². The van der Waals surface area contributed by atoms with Crippen molar-refractivity contribution in [3.05, 3.63) is 35.5 Å². The standard InChI is InChI=1S/C17H26N3O5PS/c1-18-27(22,23)12-13-4-5-15-16(11-19-17(15)10-13)14-6-8-20(9-7-14)26(21,24-2)25-3/h4-5,10-11,14,18-19H,6-9,12H2,1-3H3. The molecule has 150 valence electrons. The number of benzene rings is 1. The molecule has 1 saturated heterocycles. The van der Waals surface area contributed by atoms with Crippen LogP contribution in [-0.2, 0) is 29.4 Å². The minimum absolute atomic E-state index is 0.0461. The van der Waals surface area contributed by atoms with Crippen LogP contribution in [0.3, 0.4) is 0 Å². The van der Waals surface area contributed by atoms with Gasteiger partial charge >= 0.3 is 7.75 Å². The number of sulfonamides is 1. The van der Waals surface area contributed by atoms with Gasteiger partial charge in [0.1, 0.15) is 0 Å². The molecule has 2 N–H and O–H groups in total. The van der Waals surface area contributed by atoms with Crippen LogP contribution in [-0.4, -0.2) is 52.4 Å². The van der Waals surface area contributed by atoms with Gasteiger partial charge in [0.15, 0.2) is 0 Å². The smallest absolute Gasteiger partial charge is 0.361 e. The zero-order valence-electron chi connectivity index (χ0n) is 15.8. The first-order valence-corrected chi connectivity index (χ1v) is 11.9. The number of H-pyrrole nitrogens is 1. The van der Waals surface area contributed by atoms with Crippen molar-refractivity contribution in [2.24, 2.45) is 0 Å². The summed E-state index contributed by atoms with van der Waals surface area (Å²) in [7, 11) is -2.25. The lowest BCUT2D eigenvalue weighted by Gasteiger charge is -2.34. The molecule has 27 heavy (non-hydrogen) atoms. The summed E-state index contributed by atoms with van der Waals surface area (Å²) in [6, 6.07) is 5.71. The van der Waals surface area contributed by atoms with Gasteiger partial charge in [-0.15, -0.1) is 0 Å². The van der Waals surface area contributed by atoms with Crippen molar-refractivity contribution in [2.75, 3.05) is 34.4 Å². The van der Waals surface area contributed by atoms with Crippen LogP contribution in [0.5, 0.6) is 0 Å². The molecule has 0 spiro atoms. The second-order valence-electron chi connectivity index (χ2n) is 6.65. The Kier molecular flexibility index (Phi) is 6.10. The minimum Gasteiger partial charge on any atom is -0.361 e. The monoisotopic (exact) mass is 415 g/mol. The van der Waals surface area contributed by atoms with Gasteiger partial charge in [0.05, 0.1) is 5.75 Å². The predicted molar refractivity (Wildman–Crippen MR) is 105 cm³/mol. The Morgan fingerprint density at radius 1 is 1.26 bits per heavy atom. The Bertz CT molecular complexity index is 943. The lowest BCUT2D eigenvalue weighted by molar-refractivity contribution is 0.188. The predicted octanol–water partition coefficient (Wildman–Crippen LogP) is 2.80. The Labute approximate surface area is 159 Å². The van der Waals surface area contributed by atoms with E-state index in [1.807, 2.05) is 24.4 Å². The molecule has 0 radical (unpaired) electrons. The third-order valence-corrected chi connectivity index (χ3v) is 8.52. The molecule has 2 heterocycles. The third kappa shape index (κ3) is 4.29. The fourth-order valence-electron chi connectivity index (χ4n) is 3.64. The molecule has 0 bridgehead atoms. The molecule has 0 atom stereocenters. The number of piperidine rings is 1. The molecule has 0 unspecified atom stereocenters.